The van der Waals surface area contributed by atoms with Crippen LogP contribution in [0.15, 0.2) is 54.7 Å². The largest absolute Gasteiger partial charge is 0.363 e. The van der Waals surface area contributed by atoms with Crippen molar-refractivity contribution >= 4 is 28.1 Å². The zero-order chi connectivity index (χ0) is 18.8. The second kappa shape index (κ2) is 7.20. The van der Waals surface area contributed by atoms with Crippen molar-refractivity contribution in [2.24, 2.45) is 0 Å². The van der Waals surface area contributed by atoms with Crippen LogP contribution in [-0.2, 0) is 0 Å². The molecule has 0 amide bonds. The Kier molecular flexibility index (Phi) is 4.60. The first-order chi connectivity index (χ1) is 13.1. The fourth-order valence-electron chi connectivity index (χ4n) is 3.62. The molecule has 1 aromatic heterocycles. The molecule has 0 unspecified atom stereocenters. The Morgan fingerprint density at radius 1 is 1.04 bits per heavy atom. The minimum atomic E-state index is -0.345. The van der Waals surface area contributed by atoms with Gasteiger partial charge in [0.2, 0.25) is 0 Å². The first-order valence-electron chi connectivity index (χ1n) is 8.93. The fraction of sp³-hybridized carbons (Fsp3) is 0.250. The lowest BCUT2D eigenvalue weighted by Gasteiger charge is -2.35. The summed E-state index contributed by atoms with van der Waals surface area (Å²) in [7, 11) is 0. The Morgan fingerprint density at radius 3 is 2.52 bits per heavy atom. The van der Waals surface area contributed by atoms with Gasteiger partial charge in [-0.1, -0.05) is 30.3 Å². The number of para-hydroxylation sites is 3. The molecule has 1 saturated heterocycles. The van der Waals surface area contributed by atoms with Crippen molar-refractivity contribution < 1.29 is 9.72 Å². The molecule has 0 spiro atoms. The Balaban J connectivity index is 1.41. The van der Waals surface area contributed by atoms with E-state index < -0.39 is 0 Å². The van der Waals surface area contributed by atoms with Gasteiger partial charge in [0.25, 0.3) is 5.69 Å². The van der Waals surface area contributed by atoms with Gasteiger partial charge in [0.1, 0.15) is 5.69 Å². The number of nitrogens with zero attached hydrogens (tertiary/aromatic N) is 3. The van der Waals surface area contributed by atoms with E-state index in [1.54, 1.807) is 18.3 Å². The number of hydrogen-bond acceptors (Lipinski definition) is 5. The lowest BCUT2D eigenvalue weighted by Crippen LogP contribution is -2.48. The van der Waals surface area contributed by atoms with E-state index in [-0.39, 0.29) is 16.4 Å². The monoisotopic (exact) mass is 364 g/mol. The highest BCUT2D eigenvalue weighted by atomic mass is 16.6. The molecule has 2 heterocycles. The zero-order valence-corrected chi connectivity index (χ0v) is 14.8. The number of anilines is 1. The normalized spacial score (nSPS) is 15.2. The van der Waals surface area contributed by atoms with E-state index in [2.05, 4.69) is 9.88 Å². The average Bonchev–Trinajstić information content (AvgIpc) is 3.13. The average molecular weight is 364 g/mol. The number of carbonyl (C=O) groups is 1. The van der Waals surface area contributed by atoms with Gasteiger partial charge in [-0.2, -0.15) is 0 Å². The number of aromatic amines is 1. The molecule has 0 saturated carbocycles. The summed E-state index contributed by atoms with van der Waals surface area (Å²) in [6.07, 6.45) is 1.77. The van der Waals surface area contributed by atoms with Crippen molar-refractivity contribution in [2.45, 2.75) is 0 Å². The van der Waals surface area contributed by atoms with Crippen molar-refractivity contribution in [3.05, 3.63) is 70.4 Å². The molecule has 1 aliphatic rings. The van der Waals surface area contributed by atoms with Crippen LogP contribution in [0.25, 0.3) is 10.9 Å². The molecule has 138 valence electrons. The maximum absolute atomic E-state index is 12.7. The van der Waals surface area contributed by atoms with Gasteiger partial charge in [0.15, 0.2) is 5.78 Å². The van der Waals surface area contributed by atoms with Crippen LogP contribution in [-0.4, -0.2) is 53.3 Å². The molecular weight excluding hydrogens is 344 g/mol. The number of nitro groups is 1. The molecule has 1 fully saturated rings. The topological polar surface area (TPSA) is 82.5 Å². The van der Waals surface area contributed by atoms with Crippen molar-refractivity contribution in [3.8, 4) is 0 Å². The number of nitrogens with one attached hydrogen (secondary N) is 1. The molecule has 27 heavy (non-hydrogen) atoms. The number of rotatable bonds is 5. The highest BCUT2D eigenvalue weighted by Gasteiger charge is 2.24. The predicted octanol–water partition coefficient (Wildman–Crippen LogP) is 3.08. The van der Waals surface area contributed by atoms with Gasteiger partial charge in [-0.15, -0.1) is 0 Å². The summed E-state index contributed by atoms with van der Waals surface area (Å²) in [6.45, 7) is 3.06. The van der Waals surface area contributed by atoms with Crippen LogP contribution in [0.4, 0.5) is 11.4 Å². The van der Waals surface area contributed by atoms with Gasteiger partial charge < -0.3 is 9.88 Å². The number of hydrogen-bond donors (Lipinski definition) is 1. The quantitative estimate of drug-likeness (QED) is 0.427. The molecule has 1 aliphatic heterocycles. The third-order valence-electron chi connectivity index (χ3n) is 5.05. The second-order valence-electron chi connectivity index (χ2n) is 6.68. The smallest absolute Gasteiger partial charge is 0.292 e. The SMILES string of the molecule is O=C(CN1CCN(c2ccccc2[N+](=O)[O-])CC1)c1c[nH]c2ccccc12. The van der Waals surface area contributed by atoms with E-state index in [0.29, 0.717) is 44.0 Å². The van der Waals surface area contributed by atoms with Gasteiger partial charge in [-0.3, -0.25) is 19.8 Å². The molecule has 0 atom stereocenters. The molecule has 7 nitrogen and oxygen atoms in total. The fourth-order valence-corrected chi connectivity index (χ4v) is 3.62. The van der Waals surface area contributed by atoms with Gasteiger partial charge in [0, 0.05) is 54.9 Å². The minimum Gasteiger partial charge on any atom is -0.363 e. The number of H-pyrrole nitrogens is 1. The summed E-state index contributed by atoms with van der Waals surface area (Å²) in [5, 5.41) is 12.2. The minimum absolute atomic E-state index is 0.0894. The van der Waals surface area contributed by atoms with Gasteiger partial charge in [-0.05, 0) is 12.1 Å². The highest BCUT2D eigenvalue weighted by Crippen LogP contribution is 2.28. The molecule has 0 aliphatic carbocycles. The van der Waals surface area contributed by atoms with E-state index in [0.717, 1.165) is 10.9 Å². The molecule has 3 aromatic rings. The van der Waals surface area contributed by atoms with Gasteiger partial charge in [0.05, 0.1) is 11.5 Å². The summed E-state index contributed by atoms with van der Waals surface area (Å²) in [6, 6.07) is 14.6. The van der Waals surface area contributed by atoms with Crippen LogP contribution >= 0.6 is 0 Å². The predicted molar refractivity (Wildman–Crippen MR) is 104 cm³/mol. The molecule has 7 heteroatoms. The number of ketones is 1. The molecule has 2 aromatic carbocycles. The van der Waals surface area contributed by atoms with Crippen LogP contribution in [0, 0.1) is 10.1 Å². The van der Waals surface area contributed by atoms with Crippen LogP contribution in [0.2, 0.25) is 0 Å². The van der Waals surface area contributed by atoms with Crippen molar-refractivity contribution in [1.82, 2.24) is 9.88 Å². The van der Waals surface area contributed by atoms with Crippen molar-refractivity contribution in [2.75, 3.05) is 37.6 Å². The molecule has 4 rings (SSSR count). The number of aromatic nitrogens is 1. The molecular formula is C20H20N4O3. The van der Waals surface area contributed by atoms with Crippen LogP contribution < -0.4 is 4.90 Å². The Bertz CT molecular complexity index is 990. The second-order valence-corrected chi connectivity index (χ2v) is 6.68. The Labute approximate surface area is 156 Å². The Morgan fingerprint density at radius 2 is 1.74 bits per heavy atom. The van der Waals surface area contributed by atoms with Crippen molar-refractivity contribution in [3.63, 3.8) is 0 Å². The summed E-state index contributed by atoms with van der Waals surface area (Å²) in [5.74, 6) is 0.0894. The summed E-state index contributed by atoms with van der Waals surface area (Å²) >= 11 is 0. The van der Waals surface area contributed by atoms with E-state index in [1.807, 2.05) is 35.2 Å². The van der Waals surface area contributed by atoms with E-state index in [1.165, 1.54) is 6.07 Å². The number of Topliss-reactive ketones (excluding diaryl/α,β-unsaturated/α-hetero) is 1. The van der Waals surface area contributed by atoms with Gasteiger partial charge in [-0.25, -0.2) is 0 Å². The van der Waals surface area contributed by atoms with Crippen molar-refractivity contribution in [1.29, 1.82) is 0 Å². The number of nitro benzene ring substituents is 1. The molecule has 0 bridgehead atoms. The standard InChI is InChI=1S/C20H20N4O3/c25-20(16-13-21-17-6-2-1-5-15(16)17)14-22-9-11-23(12-10-22)18-7-3-4-8-19(18)24(26)27/h1-8,13,21H,9-12,14H2. The number of carbonyl (C=O) groups excluding carboxylic acids is 1. The lowest BCUT2D eigenvalue weighted by atomic mass is 10.1. The first-order valence-corrected chi connectivity index (χ1v) is 8.93. The van der Waals surface area contributed by atoms with Crippen LogP contribution in [0.3, 0.4) is 0 Å². The number of piperazine rings is 1. The highest BCUT2D eigenvalue weighted by molar-refractivity contribution is 6.08. The molecule has 0 radical (unpaired) electrons. The zero-order valence-electron chi connectivity index (χ0n) is 14.8. The summed E-state index contributed by atoms with van der Waals surface area (Å²) in [4.78, 5) is 30.9. The maximum atomic E-state index is 12.7. The van der Waals surface area contributed by atoms with E-state index >= 15 is 0 Å². The number of benzene rings is 2. The third kappa shape index (κ3) is 3.41. The van der Waals surface area contributed by atoms with Crippen LogP contribution in [0.1, 0.15) is 10.4 Å². The molecule has 1 N–H and O–H groups in total. The lowest BCUT2D eigenvalue weighted by molar-refractivity contribution is -0.384. The third-order valence-corrected chi connectivity index (χ3v) is 5.05. The van der Waals surface area contributed by atoms with Gasteiger partial charge >= 0.3 is 0 Å². The first kappa shape index (κ1) is 17.2. The van der Waals surface area contributed by atoms with Crippen LogP contribution in [0.5, 0.6) is 0 Å². The number of fused-ring (bicyclic) bond motifs is 1. The summed E-state index contributed by atoms with van der Waals surface area (Å²) in [5.41, 5.74) is 2.44. The summed E-state index contributed by atoms with van der Waals surface area (Å²) < 4.78 is 0. The maximum Gasteiger partial charge on any atom is 0.292 e. The Hall–Kier alpha value is -3.19. The van der Waals surface area contributed by atoms with E-state index in [4.69, 9.17) is 0 Å². The van der Waals surface area contributed by atoms with E-state index in [9.17, 15) is 14.9 Å².